The van der Waals surface area contributed by atoms with E-state index in [2.05, 4.69) is 62.5 Å². The van der Waals surface area contributed by atoms with Gasteiger partial charge in [0.15, 0.2) is 0 Å². The highest BCUT2D eigenvalue weighted by Crippen LogP contribution is 2.19. The Morgan fingerprint density at radius 2 is 0.791 bits per heavy atom. The molecule has 0 aliphatic carbocycles. The number of esters is 1. The summed E-state index contributed by atoms with van der Waals surface area (Å²) in [4.78, 5) is 26.3. The van der Waals surface area contributed by atoms with Gasteiger partial charge in [0.1, 0.15) is 6.10 Å². The SMILES string of the molecule is CCC/C=C/C=C/C=C/C=C/C=C/CCCCCCCC(=O)OC(CCCCCCCCCCCCCCCCCC)CC(=O)NC(CO)C(O)CCCCCCCCCCCCCCCC. The van der Waals surface area contributed by atoms with Gasteiger partial charge < -0.3 is 20.3 Å². The highest BCUT2D eigenvalue weighted by Gasteiger charge is 2.24. The highest BCUT2D eigenvalue weighted by atomic mass is 16.5. The lowest BCUT2D eigenvalue weighted by Gasteiger charge is -2.24. The summed E-state index contributed by atoms with van der Waals surface area (Å²) in [5, 5.41) is 23.9. The van der Waals surface area contributed by atoms with Crippen LogP contribution in [0.15, 0.2) is 60.8 Å². The smallest absolute Gasteiger partial charge is 0.306 e. The average molecular weight is 939 g/mol. The molecule has 0 radical (unpaired) electrons. The number of unbranched alkanes of at least 4 members (excludes halogenated alkanes) is 34. The summed E-state index contributed by atoms with van der Waals surface area (Å²) in [5.74, 6) is -0.490. The fourth-order valence-corrected chi connectivity index (χ4v) is 8.82. The van der Waals surface area contributed by atoms with Gasteiger partial charge in [-0.05, 0) is 44.9 Å². The van der Waals surface area contributed by atoms with E-state index in [0.29, 0.717) is 19.3 Å². The minimum atomic E-state index is -0.793. The maximum atomic E-state index is 13.3. The summed E-state index contributed by atoms with van der Waals surface area (Å²) in [6.07, 6.45) is 68.5. The molecule has 3 N–H and O–H groups in total. The maximum Gasteiger partial charge on any atom is 0.306 e. The van der Waals surface area contributed by atoms with E-state index >= 15 is 0 Å². The van der Waals surface area contributed by atoms with Gasteiger partial charge in [0, 0.05) is 6.42 Å². The molecule has 0 aromatic carbocycles. The average Bonchev–Trinajstić information content (AvgIpc) is 3.32. The third kappa shape index (κ3) is 49.8. The molecule has 3 unspecified atom stereocenters. The molecule has 0 fully saturated rings. The third-order valence-corrected chi connectivity index (χ3v) is 13.2. The number of amides is 1. The van der Waals surface area contributed by atoms with E-state index in [0.717, 1.165) is 77.0 Å². The number of ether oxygens (including phenoxy) is 1. The molecule has 0 rings (SSSR count). The van der Waals surface area contributed by atoms with Crippen molar-refractivity contribution in [3.8, 4) is 0 Å². The van der Waals surface area contributed by atoms with E-state index in [-0.39, 0.29) is 24.9 Å². The van der Waals surface area contributed by atoms with Crippen molar-refractivity contribution in [1.82, 2.24) is 5.32 Å². The van der Waals surface area contributed by atoms with E-state index in [9.17, 15) is 19.8 Å². The van der Waals surface area contributed by atoms with Crippen molar-refractivity contribution in [2.24, 2.45) is 0 Å². The fourth-order valence-electron chi connectivity index (χ4n) is 8.82. The Labute approximate surface area is 416 Å². The van der Waals surface area contributed by atoms with Crippen LogP contribution in [-0.4, -0.2) is 46.9 Å². The van der Waals surface area contributed by atoms with Gasteiger partial charge in [0.25, 0.3) is 0 Å². The van der Waals surface area contributed by atoms with Crippen LogP contribution in [0.3, 0.4) is 0 Å². The van der Waals surface area contributed by atoms with E-state index in [1.807, 2.05) is 24.3 Å². The fraction of sp³-hybridized carbons (Fsp3) is 0.803. The van der Waals surface area contributed by atoms with Gasteiger partial charge in [-0.1, -0.05) is 293 Å². The van der Waals surface area contributed by atoms with Crippen molar-refractivity contribution in [2.45, 2.75) is 309 Å². The largest absolute Gasteiger partial charge is 0.462 e. The second kappa shape index (κ2) is 54.5. The number of rotatable bonds is 52. The molecule has 0 aromatic rings. The number of hydrogen-bond acceptors (Lipinski definition) is 5. The quantitative estimate of drug-likeness (QED) is 0.0321. The first kappa shape index (κ1) is 64.6. The van der Waals surface area contributed by atoms with E-state index in [1.54, 1.807) is 0 Å². The van der Waals surface area contributed by atoms with Crippen molar-refractivity contribution in [1.29, 1.82) is 0 Å². The van der Waals surface area contributed by atoms with Crippen LogP contribution in [-0.2, 0) is 14.3 Å². The van der Waals surface area contributed by atoms with Crippen molar-refractivity contribution in [2.75, 3.05) is 6.61 Å². The molecular formula is C61H111NO5. The second-order valence-electron chi connectivity index (χ2n) is 19.8. The van der Waals surface area contributed by atoms with Gasteiger partial charge in [-0.2, -0.15) is 0 Å². The minimum absolute atomic E-state index is 0.0688. The lowest BCUT2D eigenvalue weighted by atomic mass is 10.0. The molecule has 67 heavy (non-hydrogen) atoms. The van der Waals surface area contributed by atoms with Crippen molar-refractivity contribution in [3.05, 3.63) is 60.8 Å². The molecule has 0 heterocycles. The van der Waals surface area contributed by atoms with E-state index in [4.69, 9.17) is 4.74 Å². The van der Waals surface area contributed by atoms with Gasteiger partial charge in [-0.15, -0.1) is 0 Å². The van der Waals surface area contributed by atoms with E-state index < -0.39 is 18.2 Å². The van der Waals surface area contributed by atoms with Crippen LogP contribution in [0.4, 0.5) is 0 Å². The topological polar surface area (TPSA) is 95.9 Å². The molecule has 0 bridgehead atoms. The van der Waals surface area contributed by atoms with Gasteiger partial charge in [0.05, 0.1) is 25.2 Å². The molecule has 0 aliphatic heterocycles. The molecular weight excluding hydrogens is 827 g/mol. The molecule has 6 nitrogen and oxygen atoms in total. The van der Waals surface area contributed by atoms with Gasteiger partial charge >= 0.3 is 5.97 Å². The first-order chi connectivity index (χ1) is 33.0. The Bertz CT molecular complexity index is 1190. The summed E-state index contributed by atoms with van der Waals surface area (Å²) >= 11 is 0. The van der Waals surface area contributed by atoms with Crippen LogP contribution in [0.2, 0.25) is 0 Å². The summed E-state index contributed by atoms with van der Waals surface area (Å²) in [7, 11) is 0. The molecule has 3 atom stereocenters. The van der Waals surface area contributed by atoms with Crippen molar-refractivity contribution < 1.29 is 24.5 Å². The second-order valence-corrected chi connectivity index (χ2v) is 19.8. The summed E-state index contributed by atoms with van der Waals surface area (Å²) in [6, 6.07) is -0.707. The molecule has 0 spiro atoms. The monoisotopic (exact) mass is 938 g/mol. The number of aliphatic hydroxyl groups excluding tert-OH is 2. The van der Waals surface area contributed by atoms with Crippen LogP contribution in [0.5, 0.6) is 0 Å². The Hall–Kier alpha value is -2.44. The Balaban J connectivity index is 4.60. The maximum absolute atomic E-state index is 13.3. The predicted molar refractivity (Wildman–Crippen MR) is 292 cm³/mol. The van der Waals surface area contributed by atoms with Crippen LogP contribution in [0, 0.1) is 0 Å². The number of carbonyl (C=O) groups is 2. The molecule has 0 aromatic heterocycles. The normalized spacial score (nSPS) is 13.6. The molecule has 1 amide bonds. The molecule has 390 valence electrons. The van der Waals surface area contributed by atoms with Crippen LogP contribution < -0.4 is 5.32 Å². The molecule has 0 aliphatic rings. The molecule has 0 saturated carbocycles. The number of carbonyl (C=O) groups excluding carboxylic acids is 2. The summed E-state index contributed by atoms with van der Waals surface area (Å²) in [6.45, 7) is 6.42. The predicted octanol–water partition coefficient (Wildman–Crippen LogP) is 18.0. The van der Waals surface area contributed by atoms with Crippen LogP contribution >= 0.6 is 0 Å². The Kier molecular flexibility index (Phi) is 52.5. The van der Waals surface area contributed by atoms with Crippen molar-refractivity contribution in [3.63, 3.8) is 0 Å². The van der Waals surface area contributed by atoms with Gasteiger partial charge in [-0.3, -0.25) is 9.59 Å². The van der Waals surface area contributed by atoms with E-state index in [1.165, 1.54) is 167 Å². The Morgan fingerprint density at radius 3 is 1.21 bits per heavy atom. The molecule has 6 heteroatoms. The zero-order valence-electron chi connectivity index (χ0n) is 44.5. The van der Waals surface area contributed by atoms with Crippen molar-refractivity contribution >= 4 is 11.9 Å². The third-order valence-electron chi connectivity index (χ3n) is 13.2. The summed E-state index contributed by atoms with van der Waals surface area (Å²) < 4.78 is 5.96. The van der Waals surface area contributed by atoms with Crippen LogP contribution in [0.1, 0.15) is 290 Å². The minimum Gasteiger partial charge on any atom is -0.462 e. The Morgan fingerprint density at radius 1 is 0.433 bits per heavy atom. The summed E-state index contributed by atoms with van der Waals surface area (Å²) in [5.41, 5.74) is 0. The zero-order chi connectivity index (χ0) is 48.8. The number of nitrogens with one attached hydrogen (secondary N) is 1. The first-order valence-electron chi connectivity index (χ1n) is 29.1. The van der Waals surface area contributed by atoms with Crippen LogP contribution in [0.25, 0.3) is 0 Å². The lowest BCUT2D eigenvalue weighted by molar-refractivity contribution is -0.151. The lowest BCUT2D eigenvalue weighted by Crippen LogP contribution is -2.46. The highest BCUT2D eigenvalue weighted by molar-refractivity contribution is 5.77. The number of aliphatic hydroxyl groups is 2. The first-order valence-corrected chi connectivity index (χ1v) is 29.1. The number of hydrogen-bond donors (Lipinski definition) is 3. The van der Waals surface area contributed by atoms with Gasteiger partial charge in [-0.25, -0.2) is 0 Å². The van der Waals surface area contributed by atoms with Gasteiger partial charge in [0.2, 0.25) is 5.91 Å². The standard InChI is InChI=1S/C61H111NO5/c1-4-7-10-13-16-19-22-25-28-30-31-33-36-39-42-45-48-51-54-61(66)67-57(52-49-46-43-40-37-34-32-29-26-23-20-17-14-11-8-5-2)55-60(65)62-58(56-63)59(64)53-50-47-44-41-38-35-27-24-21-18-15-12-9-6-3/h10,13,16,19,22,25,28,30-31,33,57-59,63-64H,4-9,11-12,14-15,17-18,20-21,23-24,26-27,29,32,34-56H2,1-3H3,(H,62,65)/b13-10+,19-16+,25-22+,30-28+,33-31+. The number of allylic oxidation sites excluding steroid dienone is 10. The zero-order valence-corrected chi connectivity index (χ0v) is 44.5. The molecule has 0 saturated heterocycles.